The van der Waals surface area contributed by atoms with Crippen LogP contribution in [0.2, 0.25) is 0 Å². The van der Waals surface area contributed by atoms with Crippen LogP contribution < -0.4 is 10.6 Å². The molecule has 1 aliphatic rings. The number of rotatable bonds is 3. The Kier molecular flexibility index (Phi) is 4.58. The van der Waals surface area contributed by atoms with E-state index in [0.29, 0.717) is 5.41 Å². The van der Waals surface area contributed by atoms with E-state index in [9.17, 15) is 4.79 Å². The molecular weight excluding hydrogens is 188 g/mol. The van der Waals surface area contributed by atoms with Crippen molar-refractivity contribution < 1.29 is 4.79 Å². The highest BCUT2D eigenvalue weighted by atomic mass is 16.1. The summed E-state index contributed by atoms with van der Waals surface area (Å²) in [4.78, 5) is 11.7. The number of amides is 1. The maximum Gasteiger partial charge on any atom is 0.224 e. The number of nitrogens with one attached hydrogen (secondary N) is 2. The normalized spacial score (nSPS) is 22.5. The number of carbonyl (C=O) groups excluding carboxylic acids is 1. The molecule has 1 atom stereocenters. The zero-order chi connectivity index (χ0) is 11.3. The molecular formula is C12H24N2O. The van der Waals surface area contributed by atoms with Crippen molar-refractivity contribution in [2.75, 3.05) is 19.6 Å². The quantitative estimate of drug-likeness (QED) is 0.745. The van der Waals surface area contributed by atoms with Gasteiger partial charge in [-0.2, -0.15) is 0 Å². The lowest BCUT2D eigenvalue weighted by molar-refractivity contribution is -0.125. The summed E-state index contributed by atoms with van der Waals surface area (Å²) in [5, 5.41) is 6.29. The summed E-state index contributed by atoms with van der Waals surface area (Å²) in [5.74, 6) is 0.421. The van der Waals surface area contributed by atoms with Gasteiger partial charge in [0.25, 0.3) is 0 Å². The molecule has 1 heterocycles. The van der Waals surface area contributed by atoms with Crippen molar-refractivity contribution in [2.45, 2.75) is 40.0 Å². The summed E-state index contributed by atoms with van der Waals surface area (Å²) < 4.78 is 0. The fourth-order valence-electron chi connectivity index (χ4n) is 1.78. The summed E-state index contributed by atoms with van der Waals surface area (Å²) in [6.07, 6.45) is 3.20. The first-order valence-corrected chi connectivity index (χ1v) is 5.97. The topological polar surface area (TPSA) is 41.1 Å². The van der Waals surface area contributed by atoms with Crippen LogP contribution in [0.25, 0.3) is 0 Å². The molecule has 1 saturated heterocycles. The molecule has 0 aliphatic carbocycles. The van der Waals surface area contributed by atoms with Crippen LogP contribution in [0, 0.1) is 11.3 Å². The molecule has 1 amide bonds. The van der Waals surface area contributed by atoms with E-state index in [4.69, 9.17) is 0 Å². The summed E-state index contributed by atoms with van der Waals surface area (Å²) in [6.45, 7) is 9.30. The molecule has 2 N–H and O–H groups in total. The van der Waals surface area contributed by atoms with Gasteiger partial charge in [-0.3, -0.25) is 4.79 Å². The molecule has 3 nitrogen and oxygen atoms in total. The Balaban J connectivity index is 2.17. The molecule has 15 heavy (non-hydrogen) atoms. The van der Waals surface area contributed by atoms with Crippen molar-refractivity contribution in [3.8, 4) is 0 Å². The molecule has 0 aromatic rings. The lowest BCUT2D eigenvalue weighted by atomic mass is 9.92. The van der Waals surface area contributed by atoms with Crippen LogP contribution in [0.3, 0.4) is 0 Å². The number of carbonyl (C=O) groups is 1. The highest BCUT2D eigenvalue weighted by Gasteiger charge is 2.20. The van der Waals surface area contributed by atoms with Gasteiger partial charge < -0.3 is 10.6 Å². The Morgan fingerprint density at radius 2 is 2.20 bits per heavy atom. The van der Waals surface area contributed by atoms with Gasteiger partial charge in [-0.25, -0.2) is 0 Å². The first-order valence-electron chi connectivity index (χ1n) is 5.97. The van der Waals surface area contributed by atoms with Gasteiger partial charge in [-0.1, -0.05) is 20.8 Å². The average Bonchev–Trinajstić information content (AvgIpc) is 2.17. The average molecular weight is 212 g/mol. The second kappa shape index (κ2) is 5.50. The molecule has 0 radical (unpaired) electrons. The second-order valence-electron chi connectivity index (χ2n) is 5.64. The van der Waals surface area contributed by atoms with Gasteiger partial charge in [0, 0.05) is 13.1 Å². The first-order chi connectivity index (χ1) is 6.99. The molecule has 88 valence electrons. The minimum atomic E-state index is 0.193. The van der Waals surface area contributed by atoms with Crippen LogP contribution in [0.5, 0.6) is 0 Å². The van der Waals surface area contributed by atoms with Crippen molar-refractivity contribution >= 4 is 5.91 Å². The van der Waals surface area contributed by atoms with E-state index in [1.165, 1.54) is 0 Å². The van der Waals surface area contributed by atoms with E-state index in [-0.39, 0.29) is 11.8 Å². The van der Waals surface area contributed by atoms with Gasteiger partial charge in [-0.15, -0.1) is 0 Å². The molecule has 3 heteroatoms. The lowest BCUT2D eigenvalue weighted by Gasteiger charge is -2.23. The monoisotopic (exact) mass is 212 g/mol. The fraction of sp³-hybridized carbons (Fsp3) is 0.917. The summed E-state index contributed by atoms with van der Waals surface area (Å²) in [6, 6.07) is 0. The first kappa shape index (κ1) is 12.5. The third-order valence-electron chi connectivity index (χ3n) is 2.84. The van der Waals surface area contributed by atoms with Crippen LogP contribution >= 0.6 is 0 Å². The third-order valence-corrected chi connectivity index (χ3v) is 2.84. The molecule has 1 aliphatic heterocycles. The number of piperidine rings is 1. The minimum Gasteiger partial charge on any atom is -0.356 e. The van der Waals surface area contributed by atoms with Crippen LogP contribution in [0.1, 0.15) is 40.0 Å². The summed E-state index contributed by atoms with van der Waals surface area (Å²) in [5.41, 5.74) is 0.304. The second-order valence-corrected chi connectivity index (χ2v) is 5.64. The van der Waals surface area contributed by atoms with Crippen molar-refractivity contribution in [3.63, 3.8) is 0 Å². The Labute approximate surface area is 93.0 Å². The predicted octanol–water partition coefficient (Wildman–Crippen LogP) is 1.54. The van der Waals surface area contributed by atoms with E-state index in [2.05, 4.69) is 31.4 Å². The molecule has 0 aromatic carbocycles. The van der Waals surface area contributed by atoms with Gasteiger partial charge in [0.2, 0.25) is 5.91 Å². The molecule has 1 fully saturated rings. The Hall–Kier alpha value is -0.570. The molecule has 1 rings (SSSR count). The molecule has 0 bridgehead atoms. The van der Waals surface area contributed by atoms with Gasteiger partial charge >= 0.3 is 0 Å². The van der Waals surface area contributed by atoms with E-state index in [0.717, 1.165) is 38.9 Å². The van der Waals surface area contributed by atoms with E-state index < -0.39 is 0 Å². The van der Waals surface area contributed by atoms with E-state index >= 15 is 0 Å². The minimum absolute atomic E-state index is 0.193. The zero-order valence-electron chi connectivity index (χ0n) is 10.2. The maximum absolute atomic E-state index is 11.7. The van der Waals surface area contributed by atoms with E-state index in [1.807, 2.05) is 0 Å². The Morgan fingerprint density at radius 1 is 1.47 bits per heavy atom. The van der Waals surface area contributed by atoms with Crippen molar-refractivity contribution in [2.24, 2.45) is 11.3 Å². The van der Waals surface area contributed by atoms with Crippen LogP contribution in [-0.2, 0) is 4.79 Å². The number of hydrogen-bond acceptors (Lipinski definition) is 2. The van der Waals surface area contributed by atoms with Gasteiger partial charge in [-0.05, 0) is 31.2 Å². The molecule has 0 saturated carbocycles. The number of hydrogen-bond donors (Lipinski definition) is 2. The summed E-state index contributed by atoms with van der Waals surface area (Å²) in [7, 11) is 0. The molecule has 0 spiro atoms. The van der Waals surface area contributed by atoms with Crippen molar-refractivity contribution in [1.29, 1.82) is 0 Å². The molecule has 1 unspecified atom stereocenters. The Bertz CT molecular complexity index is 202. The van der Waals surface area contributed by atoms with Gasteiger partial charge in [0.05, 0.1) is 5.92 Å². The fourth-order valence-corrected chi connectivity index (χ4v) is 1.78. The lowest BCUT2D eigenvalue weighted by Crippen LogP contribution is -2.41. The Morgan fingerprint density at radius 3 is 2.73 bits per heavy atom. The van der Waals surface area contributed by atoms with E-state index in [1.54, 1.807) is 0 Å². The smallest absolute Gasteiger partial charge is 0.224 e. The van der Waals surface area contributed by atoms with Crippen molar-refractivity contribution in [3.05, 3.63) is 0 Å². The van der Waals surface area contributed by atoms with Gasteiger partial charge in [0.1, 0.15) is 0 Å². The standard InChI is InChI=1S/C12H24N2O/c1-12(2,3)6-8-14-11(15)10-5-4-7-13-9-10/h10,13H,4-9H2,1-3H3,(H,14,15). The third kappa shape index (κ3) is 5.17. The zero-order valence-corrected chi connectivity index (χ0v) is 10.2. The highest BCUT2D eigenvalue weighted by Crippen LogP contribution is 2.17. The van der Waals surface area contributed by atoms with Gasteiger partial charge in [0.15, 0.2) is 0 Å². The van der Waals surface area contributed by atoms with Crippen LogP contribution in [-0.4, -0.2) is 25.5 Å². The maximum atomic E-state index is 11.7. The molecule has 0 aromatic heterocycles. The van der Waals surface area contributed by atoms with Crippen LogP contribution in [0.15, 0.2) is 0 Å². The van der Waals surface area contributed by atoms with Crippen LogP contribution in [0.4, 0.5) is 0 Å². The largest absolute Gasteiger partial charge is 0.356 e. The summed E-state index contributed by atoms with van der Waals surface area (Å²) >= 11 is 0. The highest BCUT2D eigenvalue weighted by molar-refractivity contribution is 5.78. The van der Waals surface area contributed by atoms with Crippen molar-refractivity contribution in [1.82, 2.24) is 10.6 Å². The predicted molar refractivity (Wildman–Crippen MR) is 62.7 cm³/mol. The SMILES string of the molecule is CC(C)(C)CCNC(=O)C1CCCNC1.